The Kier molecular flexibility index (Phi) is 5.72. The van der Waals surface area contributed by atoms with Gasteiger partial charge < -0.3 is 10.6 Å². The highest BCUT2D eigenvalue weighted by atomic mass is 16.2. The van der Waals surface area contributed by atoms with Gasteiger partial charge in [0.1, 0.15) is 6.04 Å². The van der Waals surface area contributed by atoms with Crippen LogP contribution in [0.3, 0.4) is 0 Å². The fraction of sp³-hybridized carbons (Fsp3) is 0.556. The molecule has 2 rings (SSSR count). The standard InChI is InChI=1S/C18H26N2O2/c1-12(2)18(22)20-17(13(3)21)16-6-4-5-15(11-16)14-7-9-19-10-8-14/h4-6,11-12,14,17,19H,7-10H2,1-3H3,(H,20,22). The third kappa shape index (κ3) is 4.17. The molecule has 120 valence electrons. The molecule has 1 heterocycles. The van der Waals surface area contributed by atoms with Gasteiger partial charge in [-0.25, -0.2) is 0 Å². The van der Waals surface area contributed by atoms with E-state index in [9.17, 15) is 9.59 Å². The van der Waals surface area contributed by atoms with Crippen LogP contribution >= 0.6 is 0 Å². The number of ketones is 1. The van der Waals surface area contributed by atoms with E-state index < -0.39 is 6.04 Å². The van der Waals surface area contributed by atoms with Crippen LogP contribution in [0.4, 0.5) is 0 Å². The van der Waals surface area contributed by atoms with Crippen molar-refractivity contribution in [3.63, 3.8) is 0 Å². The van der Waals surface area contributed by atoms with Crippen molar-refractivity contribution >= 4 is 11.7 Å². The average molecular weight is 302 g/mol. The molecule has 2 N–H and O–H groups in total. The number of piperidine rings is 1. The minimum Gasteiger partial charge on any atom is -0.342 e. The molecule has 0 bridgehead atoms. The van der Waals surface area contributed by atoms with Crippen molar-refractivity contribution in [3.05, 3.63) is 35.4 Å². The summed E-state index contributed by atoms with van der Waals surface area (Å²) in [5.41, 5.74) is 2.15. The van der Waals surface area contributed by atoms with Crippen LogP contribution in [0.1, 0.15) is 56.7 Å². The highest BCUT2D eigenvalue weighted by molar-refractivity contribution is 5.89. The Hall–Kier alpha value is -1.68. The molecule has 1 saturated heterocycles. The summed E-state index contributed by atoms with van der Waals surface area (Å²) in [5.74, 6) is 0.285. The molecule has 1 aliphatic heterocycles. The van der Waals surface area contributed by atoms with Crippen LogP contribution in [0.2, 0.25) is 0 Å². The zero-order valence-electron chi connectivity index (χ0n) is 13.7. The monoisotopic (exact) mass is 302 g/mol. The summed E-state index contributed by atoms with van der Waals surface area (Å²) in [5, 5.41) is 6.23. The molecule has 4 heteroatoms. The second-order valence-corrected chi connectivity index (χ2v) is 6.40. The van der Waals surface area contributed by atoms with Gasteiger partial charge in [0, 0.05) is 5.92 Å². The zero-order valence-corrected chi connectivity index (χ0v) is 13.7. The highest BCUT2D eigenvalue weighted by Crippen LogP contribution is 2.27. The van der Waals surface area contributed by atoms with Crippen LogP contribution in [-0.2, 0) is 9.59 Å². The van der Waals surface area contributed by atoms with Gasteiger partial charge in [-0.3, -0.25) is 9.59 Å². The Morgan fingerprint density at radius 3 is 2.50 bits per heavy atom. The Labute approximate surface area is 132 Å². The third-order valence-corrected chi connectivity index (χ3v) is 4.27. The third-order valence-electron chi connectivity index (χ3n) is 4.27. The number of carbonyl (C=O) groups is 2. The Balaban J connectivity index is 2.20. The molecular weight excluding hydrogens is 276 g/mol. The number of carbonyl (C=O) groups excluding carboxylic acids is 2. The number of rotatable bonds is 5. The number of hydrogen-bond acceptors (Lipinski definition) is 3. The van der Waals surface area contributed by atoms with Crippen LogP contribution in [-0.4, -0.2) is 24.8 Å². The molecule has 0 saturated carbocycles. The van der Waals surface area contributed by atoms with Gasteiger partial charge in [0.2, 0.25) is 5.91 Å². The van der Waals surface area contributed by atoms with Gasteiger partial charge in [-0.1, -0.05) is 38.1 Å². The molecule has 1 unspecified atom stereocenters. The summed E-state index contributed by atoms with van der Waals surface area (Å²) in [6.45, 7) is 7.27. The van der Waals surface area contributed by atoms with Crippen molar-refractivity contribution < 1.29 is 9.59 Å². The van der Waals surface area contributed by atoms with E-state index in [4.69, 9.17) is 0 Å². The van der Waals surface area contributed by atoms with Crippen LogP contribution < -0.4 is 10.6 Å². The van der Waals surface area contributed by atoms with Crippen LogP contribution in [0.5, 0.6) is 0 Å². The van der Waals surface area contributed by atoms with E-state index in [1.807, 2.05) is 26.0 Å². The molecule has 1 aromatic carbocycles. The molecule has 1 amide bonds. The molecule has 1 aliphatic rings. The Bertz CT molecular complexity index is 534. The first-order chi connectivity index (χ1) is 10.5. The molecule has 0 radical (unpaired) electrons. The molecule has 1 atom stereocenters. The van der Waals surface area contributed by atoms with E-state index in [2.05, 4.69) is 22.8 Å². The molecule has 22 heavy (non-hydrogen) atoms. The van der Waals surface area contributed by atoms with E-state index in [1.54, 1.807) is 0 Å². The summed E-state index contributed by atoms with van der Waals surface area (Å²) in [6.07, 6.45) is 2.24. The SMILES string of the molecule is CC(=O)C(NC(=O)C(C)C)c1cccc(C2CCNCC2)c1. The van der Waals surface area contributed by atoms with Gasteiger partial charge in [-0.15, -0.1) is 0 Å². The van der Waals surface area contributed by atoms with Crippen LogP contribution in [0.15, 0.2) is 24.3 Å². The average Bonchev–Trinajstić information content (AvgIpc) is 2.53. The first-order valence-corrected chi connectivity index (χ1v) is 8.10. The number of Topliss-reactive ketones (excluding diaryl/α,β-unsaturated/α-hetero) is 1. The summed E-state index contributed by atoms with van der Waals surface area (Å²) in [4.78, 5) is 23.9. The highest BCUT2D eigenvalue weighted by Gasteiger charge is 2.22. The summed E-state index contributed by atoms with van der Waals surface area (Å²) < 4.78 is 0. The Morgan fingerprint density at radius 2 is 1.91 bits per heavy atom. The Morgan fingerprint density at radius 1 is 1.23 bits per heavy atom. The lowest BCUT2D eigenvalue weighted by molar-refractivity contribution is -0.129. The number of nitrogens with one attached hydrogen (secondary N) is 2. The predicted octanol–water partition coefficient (Wildman–Crippen LogP) is 2.56. The summed E-state index contributed by atoms with van der Waals surface area (Å²) >= 11 is 0. The lowest BCUT2D eigenvalue weighted by atomic mass is 9.88. The van der Waals surface area contributed by atoms with Gasteiger partial charge >= 0.3 is 0 Å². The van der Waals surface area contributed by atoms with E-state index in [-0.39, 0.29) is 17.6 Å². The number of hydrogen-bond donors (Lipinski definition) is 2. The smallest absolute Gasteiger partial charge is 0.223 e. The van der Waals surface area contributed by atoms with Crippen molar-refractivity contribution in [2.45, 2.75) is 45.6 Å². The molecule has 0 spiro atoms. The molecule has 4 nitrogen and oxygen atoms in total. The largest absolute Gasteiger partial charge is 0.342 e. The first kappa shape index (κ1) is 16.7. The van der Waals surface area contributed by atoms with E-state index in [0.717, 1.165) is 31.5 Å². The van der Waals surface area contributed by atoms with Crippen LogP contribution in [0.25, 0.3) is 0 Å². The topological polar surface area (TPSA) is 58.2 Å². The van der Waals surface area contributed by atoms with Crippen molar-refractivity contribution in [1.82, 2.24) is 10.6 Å². The van der Waals surface area contributed by atoms with Gasteiger partial charge in [-0.2, -0.15) is 0 Å². The lowest BCUT2D eigenvalue weighted by Gasteiger charge is -2.24. The maximum atomic E-state index is 12.0. The van der Waals surface area contributed by atoms with Crippen molar-refractivity contribution in [2.75, 3.05) is 13.1 Å². The fourth-order valence-electron chi connectivity index (χ4n) is 2.88. The minimum atomic E-state index is -0.545. The van der Waals surface area contributed by atoms with E-state index in [1.165, 1.54) is 12.5 Å². The summed E-state index contributed by atoms with van der Waals surface area (Å²) in [7, 11) is 0. The van der Waals surface area contributed by atoms with Crippen molar-refractivity contribution in [1.29, 1.82) is 0 Å². The van der Waals surface area contributed by atoms with Gasteiger partial charge in [0.25, 0.3) is 0 Å². The van der Waals surface area contributed by atoms with Crippen LogP contribution in [0, 0.1) is 5.92 Å². The zero-order chi connectivity index (χ0) is 16.1. The van der Waals surface area contributed by atoms with Gasteiger partial charge in [-0.05, 0) is 49.9 Å². The first-order valence-electron chi connectivity index (χ1n) is 8.10. The second-order valence-electron chi connectivity index (χ2n) is 6.40. The van der Waals surface area contributed by atoms with E-state index in [0.29, 0.717) is 5.92 Å². The fourth-order valence-corrected chi connectivity index (χ4v) is 2.88. The predicted molar refractivity (Wildman–Crippen MR) is 87.7 cm³/mol. The molecule has 0 aromatic heterocycles. The number of amides is 1. The van der Waals surface area contributed by atoms with Crippen molar-refractivity contribution in [3.8, 4) is 0 Å². The quantitative estimate of drug-likeness (QED) is 0.879. The summed E-state index contributed by atoms with van der Waals surface area (Å²) in [6, 6.07) is 7.59. The van der Waals surface area contributed by atoms with E-state index >= 15 is 0 Å². The minimum absolute atomic E-state index is 0.0311. The lowest BCUT2D eigenvalue weighted by Crippen LogP contribution is -2.35. The maximum absolute atomic E-state index is 12.0. The molecule has 0 aliphatic carbocycles. The molecule has 1 aromatic rings. The number of benzene rings is 1. The van der Waals surface area contributed by atoms with Crippen molar-refractivity contribution in [2.24, 2.45) is 5.92 Å². The second kappa shape index (κ2) is 7.54. The molecular formula is C18H26N2O2. The van der Waals surface area contributed by atoms with Gasteiger partial charge in [0.15, 0.2) is 5.78 Å². The normalized spacial score (nSPS) is 17.3. The van der Waals surface area contributed by atoms with Gasteiger partial charge in [0.05, 0.1) is 0 Å². The molecule has 1 fully saturated rings. The maximum Gasteiger partial charge on any atom is 0.223 e.